The number of hydrogen-bond acceptors (Lipinski definition) is 5. The number of rotatable bonds is 4. The summed E-state index contributed by atoms with van der Waals surface area (Å²) in [5.74, 6) is 0.0252. The van der Waals surface area contributed by atoms with Crippen LogP contribution in [0.4, 0.5) is 5.82 Å². The van der Waals surface area contributed by atoms with Crippen LogP contribution in [0.1, 0.15) is 10.4 Å². The van der Waals surface area contributed by atoms with Crippen LogP contribution in [0.3, 0.4) is 0 Å². The van der Waals surface area contributed by atoms with Crippen molar-refractivity contribution in [1.82, 2.24) is 14.1 Å². The zero-order valence-electron chi connectivity index (χ0n) is 11.0. The molecule has 2 aromatic rings. The number of aryl methyl sites for hydroxylation is 2. The molecule has 0 aliphatic rings. The van der Waals surface area contributed by atoms with Crippen LogP contribution in [0.2, 0.25) is 0 Å². The minimum absolute atomic E-state index is 0.0252. The third kappa shape index (κ3) is 2.65. The lowest BCUT2D eigenvalue weighted by atomic mass is 10.3. The molecule has 2 N–H and O–H groups in total. The molecular weight excluding hydrogens is 284 g/mol. The topological polar surface area (TPSA) is 81.2 Å². The first-order valence-electron chi connectivity index (χ1n) is 5.61. The lowest BCUT2D eigenvalue weighted by Gasteiger charge is -2.16. The summed E-state index contributed by atoms with van der Waals surface area (Å²) >= 11 is 1.54. The van der Waals surface area contributed by atoms with E-state index in [1.165, 1.54) is 15.2 Å². The fourth-order valence-electron chi connectivity index (χ4n) is 1.70. The molecule has 2 rings (SSSR count). The van der Waals surface area contributed by atoms with E-state index in [4.69, 9.17) is 5.73 Å². The quantitative estimate of drug-likeness (QED) is 0.919. The van der Waals surface area contributed by atoms with E-state index in [2.05, 4.69) is 5.10 Å². The Kier molecular flexibility index (Phi) is 3.66. The molecule has 19 heavy (non-hydrogen) atoms. The Balaban J connectivity index is 2.30. The Hall–Kier alpha value is -1.38. The zero-order valence-corrected chi connectivity index (χ0v) is 12.6. The first-order valence-corrected chi connectivity index (χ1v) is 7.92. The molecule has 0 aliphatic carbocycles. The number of nitrogens with zero attached hydrogens (tertiary/aromatic N) is 3. The van der Waals surface area contributed by atoms with Gasteiger partial charge in [0.05, 0.1) is 0 Å². The van der Waals surface area contributed by atoms with Gasteiger partial charge in [0.25, 0.3) is 0 Å². The van der Waals surface area contributed by atoms with Gasteiger partial charge in [0.2, 0.25) is 10.0 Å². The van der Waals surface area contributed by atoms with Crippen LogP contribution in [0.15, 0.2) is 22.5 Å². The molecule has 0 amide bonds. The fraction of sp³-hybridized carbons (Fsp3) is 0.364. The third-order valence-electron chi connectivity index (χ3n) is 2.84. The number of anilines is 1. The predicted octanol–water partition coefficient (Wildman–Crippen LogP) is 1.19. The highest BCUT2D eigenvalue weighted by Gasteiger charge is 2.26. The van der Waals surface area contributed by atoms with E-state index in [0.29, 0.717) is 6.54 Å². The zero-order chi connectivity index (χ0) is 14.2. The maximum atomic E-state index is 12.4. The molecule has 0 saturated carbocycles. The lowest BCUT2D eigenvalue weighted by molar-refractivity contribution is 0.469. The number of hydrogen-bond donors (Lipinski definition) is 1. The second-order valence-corrected chi connectivity index (χ2v) is 7.35. The van der Waals surface area contributed by atoms with E-state index in [0.717, 1.165) is 10.4 Å². The van der Waals surface area contributed by atoms with Crippen molar-refractivity contribution < 1.29 is 8.42 Å². The van der Waals surface area contributed by atoms with E-state index in [1.54, 1.807) is 25.4 Å². The van der Waals surface area contributed by atoms with Crippen LogP contribution < -0.4 is 5.73 Å². The molecule has 0 radical (unpaired) electrons. The van der Waals surface area contributed by atoms with E-state index >= 15 is 0 Å². The average molecular weight is 300 g/mol. The molecule has 2 heterocycles. The van der Waals surface area contributed by atoms with Crippen LogP contribution in [0.25, 0.3) is 0 Å². The van der Waals surface area contributed by atoms with Gasteiger partial charge in [0.15, 0.2) is 5.82 Å². The van der Waals surface area contributed by atoms with Crippen molar-refractivity contribution in [3.8, 4) is 0 Å². The Bertz CT molecular complexity index is 687. The summed E-state index contributed by atoms with van der Waals surface area (Å²) in [5.41, 5.74) is 6.72. The molecule has 8 heteroatoms. The van der Waals surface area contributed by atoms with Crippen LogP contribution >= 0.6 is 11.3 Å². The van der Waals surface area contributed by atoms with Gasteiger partial charge in [0, 0.05) is 31.7 Å². The number of thiophene rings is 1. The molecule has 0 aliphatic heterocycles. The fourth-order valence-corrected chi connectivity index (χ4v) is 3.97. The molecule has 0 spiro atoms. The maximum Gasteiger partial charge on any atom is 0.248 e. The minimum Gasteiger partial charge on any atom is -0.381 e. The Morgan fingerprint density at radius 2 is 2.21 bits per heavy atom. The summed E-state index contributed by atoms with van der Waals surface area (Å²) in [6.45, 7) is 2.30. The van der Waals surface area contributed by atoms with Crippen LogP contribution in [0, 0.1) is 6.92 Å². The number of nitrogens with two attached hydrogens (primary N) is 1. The van der Waals surface area contributed by atoms with Gasteiger partial charge in [-0.3, -0.25) is 4.68 Å². The molecule has 104 valence electrons. The van der Waals surface area contributed by atoms with Crippen molar-refractivity contribution in [2.24, 2.45) is 7.05 Å². The van der Waals surface area contributed by atoms with Crippen LogP contribution in [0.5, 0.6) is 0 Å². The van der Waals surface area contributed by atoms with Gasteiger partial charge < -0.3 is 5.73 Å². The molecule has 6 nitrogen and oxygen atoms in total. The number of sulfonamides is 1. The van der Waals surface area contributed by atoms with Crippen molar-refractivity contribution >= 4 is 27.2 Å². The number of nitrogen functional groups attached to an aromatic ring is 1. The van der Waals surface area contributed by atoms with Gasteiger partial charge in [-0.05, 0) is 23.9 Å². The first-order chi connectivity index (χ1) is 8.82. The Morgan fingerprint density at radius 3 is 2.68 bits per heavy atom. The molecule has 0 fully saturated rings. The second-order valence-electron chi connectivity index (χ2n) is 4.34. The van der Waals surface area contributed by atoms with Crippen LogP contribution in [-0.4, -0.2) is 29.6 Å². The standard InChI is InChI=1S/C11H16N4O2S2/c1-8-4-5-18-9(8)6-15(3)19(16,17)10-7-14(2)13-11(10)12/h4-5,7H,6H2,1-3H3,(H2,12,13). The van der Waals surface area contributed by atoms with Gasteiger partial charge >= 0.3 is 0 Å². The normalized spacial score (nSPS) is 12.2. The van der Waals surface area contributed by atoms with E-state index in [9.17, 15) is 8.42 Å². The molecule has 2 aromatic heterocycles. The van der Waals surface area contributed by atoms with Crippen molar-refractivity contribution in [2.75, 3.05) is 12.8 Å². The van der Waals surface area contributed by atoms with Gasteiger partial charge in [-0.25, -0.2) is 8.42 Å². The molecule has 0 atom stereocenters. The predicted molar refractivity (Wildman–Crippen MR) is 75.3 cm³/mol. The van der Waals surface area contributed by atoms with Gasteiger partial charge in [-0.15, -0.1) is 11.3 Å². The van der Waals surface area contributed by atoms with E-state index in [-0.39, 0.29) is 10.7 Å². The summed E-state index contributed by atoms with van der Waals surface area (Å²) in [5, 5.41) is 5.81. The van der Waals surface area contributed by atoms with Gasteiger partial charge in [-0.1, -0.05) is 0 Å². The van der Waals surface area contributed by atoms with Crippen molar-refractivity contribution in [3.63, 3.8) is 0 Å². The second kappa shape index (κ2) is 4.95. The van der Waals surface area contributed by atoms with E-state index in [1.807, 2.05) is 18.4 Å². The minimum atomic E-state index is -3.61. The molecule has 0 unspecified atom stereocenters. The summed E-state index contributed by atoms with van der Waals surface area (Å²) in [4.78, 5) is 1.07. The lowest BCUT2D eigenvalue weighted by Crippen LogP contribution is -2.26. The smallest absolute Gasteiger partial charge is 0.248 e. The molecule has 0 saturated heterocycles. The molecule has 0 aromatic carbocycles. The number of aromatic nitrogens is 2. The monoisotopic (exact) mass is 300 g/mol. The van der Waals surface area contributed by atoms with Crippen molar-refractivity contribution in [3.05, 3.63) is 28.1 Å². The Morgan fingerprint density at radius 1 is 1.53 bits per heavy atom. The van der Waals surface area contributed by atoms with Gasteiger partial charge in [0.1, 0.15) is 4.90 Å². The highest BCUT2D eigenvalue weighted by atomic mass is 32.2. The maximum absolute atomic E-state index is 12.4. The highest BCUT2D eigenvalue weighted by molar-refractivity contribution is 7.89. The third-order valence-corrected chi connectivity index (χ3v) is 5.67. The average Bonchev–Trinajstić information content (AvgIpc) is 2.86. The SMILES string of the molecule is Cc1ccsc1CN(C)S(=O)(=O)c1cn(C)nc1N. The van der Waals surface area contributed by atoms with Gasteiger partial charge in [-0.2, -0.15) is 9.40 Å². The summed E-state index contributed by atoms with van der Waals surface area (Å²) in [6.07, 6.45) is 1.42. The largest absolute Gasteiger partial charge is 0.381 e. The van der Waals surface area contributed by atoms with E-state index < -0.39 is 10.0 Å². The van der Waals surface area contributed by atoms with Crippen molar-refractivity contribution in [1.29, 1.82) is 0 Å². The first kappa shape index (κ1) is 14.0. The molecular formula is C11H16N4O2S2. The summed E-state index contributed by atoms with van der Waals surface area (Å²) in [6, 6.07) is 1.97. The summed E-state index contributed by atoms with van der Waals surface area (Å²) in [7, 11) is -0.430. The molecule has 0 bridgehead atoms. The van der Waals surface area contributed by atoms with Crippen molar-refractivity contribution in [2.45, 2.75) is 18.4 Å². The summed E-state index contributed by atoms with van der Waals surface area (Å²) < 4.78 is 27.5. The highest BCUT2D eigenvalue weighted by Crippen LogP contribution is 2.24. The van der Waals surface area contributed by atoms with Crippen LogP contribution in [-0.2, 0) is 23.6 Å². The Labute approximate surface area is 116 Å².